The van der Waals surface area contributed by atoms with E-state index < -0.39 is 11.7 Å². The molecule has 0 atom stereocenters. The van der Waals surface area contributed by atoms with Crippen LogP contribution >= 0.6 is 0 Å². The van der Waals surface area contributed by atoms with Crippen LogP contribution in [0.25, 0.3) is 0 Å². The Morgan fingerprint density at radius 2 is 1.83 bits per heavy atom. The van der Waals surface area contributed by atoms with Crippen molar-refractivity contribution in [3.63, 3.8) is 0 Å². The first-order valence-electron chi connectivity index (χ1n) is 6.12. The summed E-state index contributed by atoms with van der Waals surface area (Å²) < 4.78 is 5.05. The number of ether oxygens (including phenoxy) is 1. The summed E-state index contributed by atoms with van der Waals surface area (Å²) in [5.74, 6) is -0.0291. The molecule has 0 aromatic rings. The highest BCUT2D eigenvalue weighted by Gasteiger charge is 2.14. The van der Waals surface area contributed by atoms with Crippen LogP contribution < -0.4 is 10.6 Å². The molecule has 0 fully saturated rings. The SMILES string of the molecule is CC(C)NC(=O)C/C=C/CNC(=O)OC(C)(C)C. The monoisotopic (exact) mass is 256 g/mol. The Labute approximate surface area is 109 Å². The normalized spacial score (nSPS) is 11.7. The molecule has 0 bridgehead atoms. The zero-order valence-electron chi connectivity index (χ0n) is 11.9. The Morgan fingerprint density at radius 1 is 1.22 bits per heavy atom. The predicted molar refractivity (Wildman–Crippen MR) is 71.3 cm³/mol. The second-order valence-electron chi connectivity index (χ2n) is 5.28. The standard InChI is InChI=1S/C13H24N2O3/c1-10(2)15-11(16)8-6-7-9-14-12(17)18-13(3,4)5/h6-7,10H,8-9H2,1-5H3,(H,14,17)(H,15,16)/b7-6+. The molecule has 0 aliphatic carbocycles. The Bertz CT molecular complexity index is 304. The molecular weight excluding hydrogens is 232 g/mol. The molecule has 0 aliphatic rings. The van der Waals surface area contributed by atoms with E-state index in [4.69, 9.17) is 4.74 Å². The van der Waals surface area contributed by atoms with E-state index in [1.54, 1.807) is 32.9 Å². The van der Waals surface area contributed by atoms with Gasteiger partial charge in [-0.3, -0.25) is 4.79 Å². The third-order valence-electron chi connectivity index (χ3n) is 1.68. The van der Waals surface area contributed by atoms with Crippen LogP contribution in [0, 0.1) is 0 Å². The largest absolute Gasteiger partial charge is 0.444 e. The molecule has 0 aliphatic heterocycles. The molecule has 0 radical (unpaired) electrons. The number of rotatable bonds is 5. The van der Waals surface area contributed by atoms with Gasteiger partial charge in [-0.05, 0) is 34.6 Å². The minimum atomic E-state index is -0.495. The molecule has 18 heavy (non-hydrogen) atoms. The number of alkyl carbamates (subject to hydrolysis) is 1. The Kier molecular flexibility index (Phi) is 7.08. The first kappa shape index (κ1) is 16.5. The van der Waals surface area contributed by atoms with E-state index in [0.717, 1.165) is 0 Å². The van der Waals surface area contributed by atoms with E-state index in [9.17, 15) is 9.59 Å². The van der Waals surface area contributed by atoms with Crippen molar-refractivity contribution in [1.82, 2.24) is 10.6 Å². The van der Waals surface area contributed by atoms with Crippen molar-refractivity contribution in [3.05, 3.63) is 12.2 Å². The van der Waals surface area contributed by atoms with Crippen molar-refractivity contribution in [2.75, 3.05) is 6.54 Å². The summed E-state index contributed by atoms with van der Waals surface area (Å²) >= 11 is 0. The predicted octanol–water partition coefficient (Wildman–Crippen LogP) is 1.98. The van der Waals surface area contributed by atoms with Gasteiger partial charge in [0.1, 0.15) is 5.60 Å². The summed E-state index contributed by atoms with van der Waals surface area (Å²) in [5, 5.41) is 5.35. The highest BCUT2D eigenvalue weighted by atomic mass is 16.6. The minimum absolute atomic E-state index is 0.0291. The third-order valence-corrected chi connectivity index (χ3v) is 1.68. The van der Waals surface area contributed by atoms with Gasteiger partial charge in [0.2, 0.25) is 5.91 Å². The zero-order chi connectivity index (χ0) is 14.2. The molecule has 5 nitrogen and oxygen atoms in total. The second-order valence-corrected chi connectivity index (χ2v) is 5.28. The van der Waals surface area contributed by atoms with Gasteiger partial charge >= 0.3 is 6.09 Å². The molecule has 0 spiro atoms. The molecule has 2 amide bonds. The van der Waals surface area contributed by atoms with Crippen LogP contribution in [0.2, 0.25) is 0 Å². The lowest BCUT2D eigenvalue weighted by Crippen LogP contribution is -2.32. The van der Waals surface area contributed by atoms with Crippen molar-refractivity contribution >= 4 is 12.0 Å². The van der Waals surface area contributed by atoms with Gasteiger partial charge in [0.15, 0.2) is 0 Å². The van der Waals surface area contributed by atoms with Crippen LogP contribution in [0.15, 0.2) is 12.2 Å². The van der Waals surface area contributed by atoms with E-state index in [2.05, 4.69) is 10.6 Å². The summed E-state index contributed by atoms with van der Waals surface area (Å²) in [4.78, 5) is 22.5. The van der Waals surface area contributed by atoms with Gasteiger partial charge in [-0.15, -0.1) is 0 Å². The van der Waals surface area contributed by atoms with Crippen LogP contribution in [-0.4, -0.2) is 30.2 Å². The van der Waals surface area contributed by atoms with E-state index in [1.807, 2.05) is 13.8 Å². The topological polar surface area (TPSA) is 67.4 Å². The average molecular weight is 256 g/mol. The summed E-state index contributed by atoms with van der Waals surface area (Å²) in [6.45, 7) is 9.58. The van der Waals surface area contributed by atoms with E-state index in [0.29, 0.717) is 13.0 Å². The third kappa shape index (κ3) is 11.0. The van der Waals surface area contributed by atoms with Crippen molar-refractivity contribution in [1.29, 1.82) is 0 Å². The summed E-state index contributed by atoms with van der Waals surface area (Å²) in [5.41, 5.74) is -0.495. The first-order chi connectivity index (χ1) is 8.20. The van der Waals surface area contributed by atoms with Crippen LogP contribution in [0.3, 0.4) is 0 Å². The number of nitrogens with one attached hydrogen (secondary N) is 2. The fraction of sp³-hybridized carbons (Fsp3) is 0.692. The average Bonchev–Trinajstić information content (AvgIpc) is 2.12. The van der Waals surface area contributed by atoms with Crippen molar-refractivity contribution in [3.8, 4) is 0 Å². The number of hydrogen-bond acceptors (Lipinski definition) is 3. The van der Waals surface area contributed by atoms with Gasteiger partial charge in [-0.1, -0.05) is 12.2 Å². The van der Waals surface area contributed by atoms with Crippen LogP contribution in [0.4, 0.5) is 4.79 Å². The fourth-order valence-corrected chi connectivity index (χ4v) is 1.11. The smallest absolute Gasteiger partial charge is 0.407 e. The highest BCUT2D eigenvalue weighted by Crippen LogP contribution is 2.06. The Morgan fingerprint density at radius 3 is 2.33 bits per heavy atom. The Hall–Kier alpha value is -1.52. The van der Waals surface area contributed by atoms with Gasteiger partial charge in [0, 0.05) is 19.0 Å². The molecule has 104 valence electrons. The number of hydrogen-bond donors (Lipinski definition) is 2. The molecule has 0 aromatic heterocycles. The van der Waals surface area contributed by atoms with Crippen molar-refractivity contribution in [2.24, 2.45) is 0 Å². The highest BCUT2D eigenvalue weighted by molar-refractivity contribution is 5.77. The molecule has 0 saturated carbocycles. The lowest BCUT2D eigenvalue weighted by atomic mass is 10.2. The van der Waals surface area contributed by atoms with Crippen LogP contribution in [-0.2, 0) is 9.53 Å². The maximum absolute atomic E-state index is 11.3. The maximum Gasteiger partial charge on any atom is 0.407 e. The van der Waals surface area contributed by atoms with Gasteiger partial charge < -0.3 is 15.4 Å². The molecule has 5 heteroatoms. The van der Waals surface area contributed by atoms with E-state index >= 15 is 0 Å². The molecule has 2 N–H and O–H groups in total. The number of carbonyl (C=O) groups excluding carboxylic acids is 2. The molecule has 0 rings (SSSR count). The zero-order valence-corrected chi connectivity index (χ0v) is 11.9. The van der Waals surface area contributed by atoms with Crippen LogP contribution in [0.1, 0.15) is 41.0 Å². The first-order valence-corrected chi connectivity index (χ1v) is 6.12. The molecular formula is C13H24N2O3. The maximum atomic E-state index is 11.3. The molecule has 0 saturated heterocycles. The van der Waals surface area contributed by atoms with Gasteiger partial charge in [0.25, 0.3) is 0 Å². The van der Waals surface area contributed by atoms with Crippen molar-refractivity contribution in [2.45, 2.75) is 52.7 Å². The summed E-state index contributed by atoms with van der Waals surface area (Å²) in [7, 11) is 0. The molecule has 0 heterocycles. The second kappa shape index (κ2) is 7.74. The fourth-order valence-electron chi connectivity index (χ4n) is 1.11. The van der Waals surface area contributed by atoms with Crippen LogP contribution in [0.5, 0.6) is 0 Å². The quantitative estimate of drug-likeness (QED) is 0.739. The lowest BCUT2D eigenvalue weighted by molar-refractivity contribution is -0.120. The van der Waals surface area contributed by atoms with Crippen molar-refractivity contribution < 1.29 is 14.3 Å². The number of carbonyl (C=O) groups is 2. The summed E-state index contributed by atoms with van der Waals surface area (Å²) in [6.07, 6.45) is 3.30. The Balaban J connectivity index is 3.72. The molecule has 0 aromatic carbocycles. The van der Waals surface area contributed by atoms with E-state index in [1.165, 1.54) is 0 Å². The van der Waals surface area contributed by atoms with Gasteiger partial charge in [-0.2, -0.15) is 0 Å². The summed E-state index contributed by atoms with van der Waals surface area (Å²) in [6, 6.07) is 0.144. The minimum Gasteiger partial charge on any atom is -0.444 e. The number of amides is 2. The lowest BCUT2D eigenvalue weighted by Gasteiger charge is -2.19. The van der Waals surface area contributed by atoms with Gasteiger partial charge in [-0.25, -0.2) is 4.79 Å². The molecule has 0 unspecified atom stereocenters. The van der Waals surface area contributed by atoms with Gasteiger partial charge in [0.05, 0.1) is 0 Å². The van der Waals surface area contributed by atoms with E-state index in [-0.39, 0.29) is 11.9 Å².